The van der Waals surface area contributed by atoms with Gasteiger partial charge in [0.2, 0.25) is 5.91 Å². The van der Waals surface area contributed by atoms with Gasteiger partial charge in [-0.1, -0.05) is 141 Å². The molecule has 1 atom stereocenters. The van der Waals surface area contributed by atoms with Crippen LogP contribution in [-0.2, 0) is 23.9 Å². The smallest absolute Gasteiger partial charge is 0.306 e. The van der Waals surface area contributed by atoms with Crippen molar-refractivity contribution >= 4 is 17.8 Å². The molecule has 314 valence electrons. The number of carbonyl (C=O) groups is 3. The largest absolute Gasteiger partial charge is 0.462 e. The van der Waals surface area contributed by atoms with E-state index in [1.165, 1.54) is 128 Å². The average Bonchev–Trinajstić information content (AvgIpc) is 3.69. The van der Waals surface area contributed by atoms with Gasteiger partial charge in [-0.15, -0.1) is 0 Å². The summed E-state index contributed by atoms with van der Waals surface area (Å²) in [5.74, 6) is -0.593. The van der Waals surface area contributed by atoms with Gasteiger partial charge >= 0.3 is 11.9 Å². The predicted molar refractivity (Wildman–Crippen MR) is 228 cm³/mol. The molecular weight excluding hydrogens is 673 g/mol. The molecule has 1 heterocycles. The third-order valence-corrected chi connectivity index (χ3v) is 10.6. The zero-order chi connectivity index (χ0) is 39.0. The minimum absolute atomic E-state index is 0.0178. The molecular formula is C47H86N2O5. The van der Waals surface area contributed by atoms with Crippen molar-refractivity contribution in [2.75, 3.05) is 32.8 Å². The van der Waals surface area contributed by atoms with Crippen LogP contribution in [0, 0.1) is 0 Å². The van der Waals surface area contributed by atoms with Crippen LogP contribution in [0.2, 0.25) is 0 Å². The summed E-state index contributed by atoms with van der Waals surface area (Å²) in [6, 6.07) is 0. The maximum Gasteiger partial charge on any atom is 0.306 e. The number of hydrogen-bond acceptors (Lipinski definition) is 6. The van der Waals surface area contributed by atoms with Crippen LogP contribution in [0.15, 0.2) is 24.3 Å². The van der Waals surface area contributed by atoms with Crippen molar-refractivity contribution in [2.45, 2.75) is 225 Å². The standard InChI is InChI=1S/C47H86N2O5/c1-3-5-7-9-11-13-15-17-19-21-23-25-27-29-31-37-46(51)53-43-44(42-48-45(50)36-35-41-49-39-33-34-40-49)54-47(52)38-32-30-28-26-24-22-20-18-16-14-12-10-8-6-4-2/h17-20,44H,3-16,21-43H2,1-2H3,(H,48,50). The lowest BCUT2D eigenvalue weighted by molar-refractivity contribution is -0.159. The fraction of sp³-hybridized carbons (Fsp3) is 0.851. The first-order chi connectivity index (χ1) is 26.5. The molecule has 0 aromatic rings. The van der Waals surface area contributed by atoms with Crippen molar-refractivity contribution in [3.8, 4) is 0 Å². The summed E-state index contributed by atoms with van der Waals surface area (Å²) in [5, 5.41) is 2.92. The number of ether oxygens (including phenoxy) is 2. The number of likely N-dealkylation sites (tertiary alicyclic amines) is 1. The first kappa shape index (κ1) is 49.9. The molecule has 1 rings (SSSR count). The summed E-state index contributed by atoms with van der Waals surface area (Å²) in [4.78, 5) is 40.2. The molecule has 0 saturated carbocycles. The fourth-order valence-corrected chi connectivity index (χ4v) is 7.10. The summed E-state index contributed by atoms with van der Waals surface area (Å²) in [6.45, 7) is 7.86. The van der Waals surface area contributed by atoms with Crippen molar-refractivity contribution in [1.29, 1.82) is 0 Å². The Morgan fingerprint density at radius 1 is 0.537 bits per heavy atom. The third-order valence-electron chi connectivity index (χ3n) is 10.6. The number of nitrogens with zero attached hydrogens (tertiary/aromatic N) is 1. The van der Waals surface area contributed by atoms with Gasteiger partial charge in [0.25, 0.3) is 0 Å². The van der Waals surface area contributed by atoms with E-state index in [4.69, 9.17) is 9.47 Å². The molecule has 1 fully saturated rings. The molecule has 1 aliphatic heterocycles. The molecule has 0 radical (unpaired) electrons. The van der Waals surface area contributed by atoms with Gasteiger partial charge in [-0.2, -0.15) is 0 Å². The number of carbonyl (C=O) groups excluding carboxylic acids is 3. The van der Waals surface area contributed by atoms with Gasteiger partial charge in [-0.25, -0.2) is 0 Å². The summed E-state index contributed by atoms with van der Waals surface area (Å²) in [7, 11) is 0. The Balaban J connectivity index is 2.23. The molecule has 7 nitrogen and oxygen atoms in total. The number of nitrogens with one attached hydrogen (secondary N) is 1. The number of esters is 2. The predicted octanol–water partition coefficient (Wildman–Crippen LogP) is 12.5. The lowest BCUT2D eigenvalue weighted by atomic mass is 10.1. The normalized spacial score (nSPS) is 14.0. The van der Waals surface area contributed by atoms with Gasteiger partial charge in [0.1, 0.15) is 6.61 Å². The first-order valence-corrected chi connectivity index (χ1v) is 23.2. The summed E-state index contributed by atoms with van der Waals surface area (Å²) < 4.78 is 11.3. The first-order valence-electron chi connectivity index (χ1n) is 23.2. The molecule has 7 heteroatoms. The highest BCUT2D eigenvalue weighted by molar-refractivity contribution is 5.76. The topological polar surface area (TPSA) is 84.9 Å². The lowest BCUT2D eigenvalue weighted by Crippen LogP contribution is -2.38. The molecule has 0 aromatic carbocycles. The van der Waals surface area contributed by atoms with Crippen LogP contribution in [0.25, 0.3) is 0 Å². The fourth-order valence-electron chi connectivity index (χ4n) is 7.10. The molecule has 1 N–H and O–H groups in total. The average molecular weight is 759 g/mol. The molecule has 0 bridgehead atoms. The molecule has 0 spiro atoms. The van der Waals surface area contributed by atoms with E-state index in [-0.39, 0.29) is 31.0 Å². The van der Waals surface area contributed by atoms with E-state index in [1.54, 1.807) is 0 Å². The Bertz CT molecular complexity index is 929. The number of unbranched alkanes of at least 4 members (excludes halogenated alkanes) is 22. The maximum atomic E-state index is 12.7. The van der Waals surface area contributed by atoms with Crippen LogP contribution in [-0.4, -0.2) is 61.6 Å². The zero-order valence-electron chi connectivity index (χ0n) is 35.5. The molecule has 1 saturated heterocycles. The zero-order valence-corrected chi connectivity index (χ0v) is 35.5. The number of allylic oxidation sites excluding steroid dienone is 4. The highest BCUT2D eigenvalue weighted by Gasteiger charge is 2.19. The van der Waals surface area contributed by atoms with Gasteiger partial charge in [0.15, 0.2) is 6.10 Å². The van der Waals surface area contributed by atoms with Crippen molar-refractivity contribution in [3.05, 3.63) is 24.3 Å². The molecule has 1 amide bonds. The van der Waals surface area contributed by atoms with Crippen LogP contribution in [0.4, 0.5) is 0 Å². The molecule has 1 aliphatic rings. The Hall–Kier alpha value is -2.15. The highest BCUT2D eigenvalue weighted by atomic mass is 16.6. The van der Waals surface area contributed by atoms with E-state index in [2.05, 4.69) is 48.4 Å². The number of rotatable bonds is 39. The van der Waals surface area contributed by atoms with Crippen molar-refractivity contribution < 1.29 is 23.9 Å². The summed E-state index contributed by atoms with van der Waals surface area (Å²) in [5.41, 5.74) is 0. The van der Waals surface area contributed by atoms with E-state index in [1.807, 2.05) is 0 Å². The van der Waals surface area contributed by atoms with E-state index < -0.39 is 6.10 Å². The van der Waals surface area contributed by atoms with E-state index in [0.717, 1.165) is 77.4 Å². The van der Waals surface area contributed by atoms with Crippen molar-refractivity contribution in [1.82, 2.24) is 10.2 Å². The SMILES string of the molecule is CCCCCCCCC=CCCCCCCCC(=O)OCC(CNC(=O)CCCN1CCCC1)OC(=O)CCCCCCCC=CCCCCCCCC. The van der Waals surface area contributed by atoms with Gasteiger partial charge in [-0.3, -0.25) is 14.4 Å². The Labute approximate surface area is 333 Å². The van der Waals surface area contributed by atoms with E-state index >= 15 is 0 Å². The summed E-state index contributed by atoms with van der Waals surface area (Å²) >= 11 is 0. The van der Waals surface area contributed by atoms with Crippen LogP contribution in [0.3, 0.4) is 0 Å². The number of hydrogen-bond donors (Lipinski definition) is 1. The van der Waals surface area contributed by atoms with E-state index in [0.29, 0.717) is 19.3 Å². The second-order valence-electron chi connectivity index (χ2n) is 15.9. The van der Waals surface area contributed by atoms with Gasteiger partial charge in [-0.05, 0) is 103 Å². The van der Waals surface area contributed by atoms with E-state index in [9.17, 15) is 14.4 Å². The second-order valence-corrected chi connectivity index (χ2v) is 15.9. The quantitative estimate of drug-likeness (QED) is 0.0382. The summed E-state index contributed by atoms with van der Waals surface area (Å²) in [6.07, 6.45) is 44.6. The minimum Gasteiger partial charge on any atom is -0.462 e. The van der Waals surface area contributed by atoms with Crippen LogP contribution in [0.5, 0.6) is 0 Å². The Morgan fingerprint density at radius 2 is 0.963 bits per heavy atom. The Morgan fingerprint density at radius 3 is 1.44 bits per heavy atom. The lowest BCUT2D eigenvalue weighted by Gasteiger charge is -2.19. The van der Waals surface area contributed by atoms with Gasteiger partial charge in [0, 0.05) is 19.3 Å². The van der Waals surface area contributed by atoms with Gasteiger partial charge in [0.05, 0.1) is 6.54 Å². The highest BCUT2D eigenvalue weighted by Crippen LogP contribution is 2.13. The maximum absolute atomic E-state index is 12.7. The minimum atomic E-state index is -0.666. The van der Waals surface area contributed by atoms with Gasteiger partial charge < -0.3 is 19.7 Å². The Kier molecular flexibility index (Phi) is 36.1. The van der Waals surface area contributed by atoms with Crippen LogP contribution in [0.1, 0.15) is 219 Å². The second kappa shape index (κ2) is 39.1. The molecule has 1 unspecified atom stereocenters. The van der Waals surface area contributed by atoms with Crippen LogP contribution >= 0.6 is 0 Å². The molecule has 54 heavy (non-hydrogen) atoms. The molecule has 0 aliphatic carbocycles. The number of amides is 1. The molecule has 0 aromatic heterocycles. The van der Waals surface area contributed by atoms with Crippen molar-refractivity contribution in [2.24, 2.45) is 0 Å². The van der Waals surface area contributed by atoms with Crippen molar-refractivity contribution in [3.63, 3.8) is 0 Å². The monoisotopic (exact) mass is 759 g/mol. The van der Waals surface area contributed by atoms with Crippen LogP contribution < -0.4 is 5.32 Å². The third kappa shape index (κ3) is 34.3.